The van der Waals surface area contributed by atoms with Crippen molar-refractivity contribution in [2.24, 2.45) is 0 Å². The number of rotatable bonds is 4. The molecular formula is C15H22N2O3. The topological polar surface area (TPSA) is 61.8 Å². The molecule has 1 heterocycles. The Kier molecular flexibility index (Phi) is 4.98. The summed E-state index contributed by atoms with van der Waals surface area (Å²) in [4.78, 5) is 14.0. The Morgan fingerprint density at radius 2 is 2.30 bits per heavy atom. The first-order chi connectivity index (χ1) is 9.59. The second kappa shape index (κ2) is 6.72. The zero-order chi connectivity index (χ0) is 14.5. The second-order valence-electron chi connectivity index (χ2n) is 5.17. The summed E-state index contributed by atoms with van der Waals surface area (Å²) >= 11 is 0. The van der Waals surface area contributed by atoms with Gasteiger partial charge in [-0.25, -0.2) is 0 Å². The third-order valence-corrected chi connectivity index (χ3v) is 3.78. The quantitative estimate of drug-likeness (QED) is 0.871. The van der Waals surface area contributed by atoms with Crippen molar-refractivity contribution < 1.29 is 14.6 Å². The molecule has 20 heavy (non-hydrogen) atoms. The van der Waals surface area contributed by atoms with Gasteiger partial charge in [-0.2, -0.15) is 0 Å². The summed E-state index contributed by atoms with van der Waals surface area (Å²) in [5.41, 5.74) is 0.760. The van der Waals surface area contributed by atoms with Crippen LogP contribution in [-0.4, -0.2) is 48.8 Å². The van der Waals surface area contributed by atoms with Crippen LogP contribution in [0.4, 0.5) is 0 Å². The number of nitrogens with one attached hydrogen (secondary N) is 1. The molecule has 2 unspecified atom stereocenters. The van der Waals surface area contributed by atoms with Gasteiger partial charge in [0.1, 0.15) is 5.75 Å². The molecule has 0 saturated carbocycles. The lowest BCUT2D eigenvalue weighted by atomic mass is 10.1. The van der Waals surface area contributed by atoms with E-state index >= 15 is 0 Å². The number of hydrogen-bond donors (Lipinski definition) is 2. The van der Waals surface area contributed by atoms with Gasteiger partial charge < -0.3 is 20.1 Å². The van der Waals surface area contributed by atoms with Crippen LogP contribution >= 0.6 is 0 Å². The van der Waals surface area contributed by atoms with Gasteiger partial charge in [-0.05, 0) is 13.0 Å². The minimum absolute atomic E-state index is 0.0451. The number of para-hydroxylation sites is 1. The summed E-state index contributed by atoms with van der Waals surface area (Å²) in [6.07, 6.45) is 0.411. The molecular weight excluding hydrogens is 256 g/mol. The maximum atomic E-state index is 12.3. The van der Waals surface area contributed by atoms with Gasteiger partial charge in [0.25, 0.3) is 0 Å². The second-order valence-corrected chi connectivity index (χ2v) is 5.17. The van der Waals surface area contributed by atoms with E-state index in [1.54, 1.807) is 24.1 Å². The fourth-order valence-electron chi connectivity index (χ4n) is 2.37. The number of amides is 1. The van der Waals surface area contributed by atoms with Gasteiger partial charge >= 0.3 is 0 Å². The van der Waals surface area contributed by atoms with Gasteiger partial charge in [0.2, 0.25) is 5.91 Å². The van der Waals surface area contributed by atoms with Crippen molar-refractivity contribution in [2.45, 2.75) is 25.4 Å². The third kappa shape index (κ3) is 3.49. The van der Waals surface area contributed by atoms with Crippen molar-refractivity contribution in [2.75, 3.05) is 26.8 Å². The fraction of sp³-hybridized carbons (Fsp3) is 0.533. The molecule has 2 atom stereocenters. The number of aromatic hydroxyl groups is 1. The van der Waals surface area contributed by atoms with Crippen molar-refractivity contribution in [1.82, 2.24) is 10.2 Å². The van der Waals surface area contributed by atoms with Crippen LogP contribution in [0.5, 0.6) is 5.75 Å². The molecule has 1 amide bonds. The zero-order valence-corrected chi connectivity index (χ0v) is 12.0. The van der Waals surface area contributed by atoms with E-state index in [0.29, 0.717) is 19.6 Å². The Hall–Kier alpha value is -1.59. The van der Waals surface area contributed by atoms with Crippen LogP contribution in [0.15, 0.2) is 24.3 Å². The largest absolute Gasteiger partial charge is 0.508 e. The molecule has 1 fully saturated rings. The minimum atomic E-state index is -0.159. The molecule has 1 aliphatic rings. The lowest BCUT2D eigenvalue weighted by Gasteiger charge is -2.29. The number of ether oxygens (including phenoxy) is 1. The van der Waals surface area contributed by atoms with Gasteiger partial charge in [-0.1, -0.05) is 18.2 Å². The maximum Gasteiger partial charge on any atom is 0.224 e. The lowest BCUT2D eigenvalue weighted by molar-refractivity contribution is -0.133. The van der Waals surface area contributed by atoms with Gasteiger partial charge in [0, 0.05) is 31.6 Å². The predicted octanol–water partition coefficient (Wildman–Crippen LogP) is 1.29. The number of hydrogen-bond acceptors (Lipinski definition) is 4. The summed E-state index contributed by atoms with van der Waals surface area (Å²) in [6, 6.07) is 7.03. The number of morpholine rings is 1. The van der Waals surface area contributed by atoms with Gasteiger partial charge in [0.05, 0.1) is 19.3 Å². The molecule has 110 valence electrons. The van der Waals surface area contributed by atoms with Gasteiger partial charge in [0.15, 0.2) is 0 Å². The Morgan fingerprint density at radius 3 is 2.95 bits per heavy atom. The zero-order valence-electron chi connectivity index (χ0n) is 12.0. The van der Waals surface area contributed by atoms with Crippen LogP contribution < -0.4 is 5.32 Å². The predicted molar refractivity (Wildman–Crippen MR) is 76.5 cm³/mol. The highest BCUT2D eigenvalue weighted by molar-refractivity contribution is 5.77. The monoisotopic (exact) mass is 278 g/mol. The van der Waals surface area contributed by atoms with Crippen molar-refractivity contribution in [3.05, 3.63) is 29.8 Å². The van der Waals surface area contributed by atoms with Crippen LogP contribution in [0.25, 0.3) is 0 Å². The smallest absolute Gasteiger partial charge is 0.224 e. The van der Waals surface area contributed by atoms with E-state index in [-0.39, 0.29) is 23.7 Å². The van der Waals surface area contributed by atoms with Crippen molar-refractivity contribution in [1.29, 1.82) is 0 Å². The van der Waals surface area contributed by atoms with Crippen molar-refractivity contribution in [3.8, 4) is 5.75 Å². The standard InChI is InChI=1S/C15H22N2O3/c1-11(13-5-3-4-6-14(13)18)17(2)15(19)9-12-10-20-8-7-16-12/h3-6,11-12,16,18H,7-10H2,1-2H3. The Morgan fingerprint density at radius 1 is 1.55 bits per heavy atom. The van der Waals surface area contributed by atoms with E-state index in [9.17, 15) is 9.90 Å². The number of benzene rings is 1. The summed E-state index contributed by atoms with van der Waals surface area (Å²) in [7, 11) is 1.77. The Labute approximate surface area is 119 Å². The van der Waals surface area contributed by atoms with E-state index in [1.165, 1.54) is 0 Å². The average Bonchev–Trinajstić information content (AvgIpc) is 2.47. The highest BCUT2D eigenvalue weighted by Crippen LogP contribution is 2.27. The molecule has 0 aliphatic carbocycles. The summed E-state index contributed by atoms with van der Waals surface area (Å²) in [6.45, 7) is 3.98. The number of nitrogens with zero attached hydrogens (tertiary/aromatic N) is 1. The first kappa shape index (κ1) is 14.8. The highest BCUT2D eigenvalue weighted by atomic mass is 16.5. The van der Waals surface area contributed by atoms with E-state index in [1.807, 2.05) is 19.1 Å². The van der Waals surface area contributed by atoms with E-state index in [2.05, 4.69) is 5.32 Å². The van der Waals surface area contributed by atoms with Crippen molar-refractivity contribution >= 4 is 5.91 Å². The van der Waals surface area contributed by atoms with Crippen LogP contribution in [0, 0.1) is 0 Å². The van der Waals surface area contributed by atoms with Gasteiger partial charge in [-0.3, -0.25) is 4.79 Å². The van der Waals surface area contributed by atoms with Crippen LogP contribution in [0.2, 0.25) is 0 Å². The summed E-state index contributed by atoms with van der Waals surface area (Å²) in [5.74, 6) is 0.266. The molecule has 5 heteroatoms. The maximum absolute atomic E-state index is 12.3. The Bertz CT molecular complexity index is 458. The summed E-state index contributed by atoms with van der Waals surface area (Å²) in [5, 5.41) is 13.1. The molecule has 0 radical (unpaired) electrons. The average molecular weight is 278 g/mol. The molecule has 5 nitrogen and oxygen atoms in total. The molecule has 0 aromatic heterocycles. The molecule has 1 aromatic carbocycles. The Balaban J connectivity index is 1.97. The molecule has 2 rings (SSSR count). The van der Waals surface area contributed by atoms with Crippen LogP contribution in [0.1, 0.15) is 24.9 Å². The van der Waals surface area contributed by atoms with E-state index in [4.69, 9.17) is 4.74 Å². The van der Waals surface area contributed by atoms with Crippen LogP contribution in [-0.2, 0) is 9.53 Å². The minimum Gasteiger partial charge on any atom is -0.508 e. The summed E-state index contributed by atoms with van der Waals surface area (Å²) < 4.78 is 5.35. The number of phenolic OH excluding ortho intramolecular Hbond substituents is 1. The van der Waals surface area contributed by atoms with Crippen molar-refractivity contribution in [3.63, 3.8) is 0 Å². The number of carbonyl (C=O) groups excluding carboxylic acids is 1. The number of phenols is 1. The van der Waals surface area contributed by atoms with E-state index in [0.717, 1.165) is 12.1 Å². The molecule has 1 aliphatic heterocycles. The lowest BCUT2D eigenvalue weighted by Crippen LogP contribution is -2.44. The molecule has 0 spiro atoms. The normalized spacial score (nSPS) is 20.4. The third-order valence-electron chi connectivity index (χ3n) is 3.78. The first-order valence-corrected chi connectivity index (χ1v) is 6.94. The molecule has 1 aromatic rings. The molecule has 1 saturated heterocycles. The molecule has 0 bridgehead atoms. The van der Waals surface area contributed by atoms with Crippen LogP contribution in [0.3, 0.4) is 0 Å². The van der Waals surface area contributed by atoms with Gasteiger partial charge in [-0.15, -0.1) is 0 Å². The first-order valence-electron chi connectivity index (χ1n) is 6.94. The fourth-order valence-corrected chi connectivity index (χ4v) is 2.37. The highest BCUT2D eigenvalue weighted by Gasteiger charge is 2.23. The molecule has 2 N–H and O–H groups in total. The SMILES string of the molecule is CC(c1ccccc1O)N(C)C(=O)CC1COCCN1. The van der Waals surface area contributed by atoms with E-state index < -0.39 is 0 Å². The number of carbonyl (C=O) groups is 1.